The molecule has 2 aromatic heterocycles. The van der Waals surface area contributed by atoms with Gasteiger partial charge in [0.25, 0.3) is 5.91 Å². The van der Waals surface area contributed by atoms with Gasteiger partial charge >= 0.3 is 0 Å². The van der Waals surface area contributed by atoms with Crippen LogP contribution in [0.3, 0.4) is 0 Å². The van der Waals surface area contributed by atoms with E-state index in [-0.39, 0.29) is 11.9 Å². The van der Waals surface area contributed by atoms with E-state index >= 15 is 0 Å². The minimum atomic E-state index is -0.0924. The van der Waals surface area contributed by atoms with E-state index in [4.69, 9.17) is 4.98 Å². The maximum Gasteiger partial charge on any atom is 0.270 e. The highest BCUT2D eigenvalue weighted by atomic mass is 16.1. The maximum absolute atomic E-state index is 12.9. The number of piperidine rings is 2. The second kappa shape index (κ2) is 11.4. The molecule has 3 aliphatic heterocycles. The lowest BCUT2D eigenvalue weighted by molar-refractivity contribution is 0.0900. The van der Waals surface area contributed by atoms with Crippen LogP contribution in [0.25, 0.3) is 11.0 Å². The lowest BCUT2D eigenvalue weighted by atomic mass is 10.0. The molecule has 0 atom stereocenters. The molecule has 3 fully saturated rings. The van der Waals surface area contributed by atoms with Gasteiger partial charge in [-0.1, -0.05) is 19.3 Å². The average Bonchev–Trinajstić information content (AvgIpc) is 3.18. The zero-order valence-corrected chi connectivity index (χ0v) is 20.4. The maximum atomic E-state index is 12.9. The van der Waals surface area contributed by atoms with Crippen LogP contribution in [0.1, 0.15) is 68.3 Å². The molecule has 0 radical (unpaired) electrons. The van der Waals surface area contributed by atoms with E-state index in [2.05, 4.69) is 30.0 Å². The van der Waals surface area contributed by atoms with Gasteiger partial charge in [0.15, 0.2) is 0 Å². The number of pyridine rings is 1. The molecule has 3 saturated heterocycles. The Hall–Kier alpha value is -2.32. The van der Waals surface area contributed by atoms with Crippen LogP contribution in [-0.4, -0.2) is 89.1 Å². The first kappa shape index (κ1) is 23.4. The second-order valence-electron chi connectivity index (χ2n) is 10.2. The van der Waals surface area contributed by atoms with Gasteiger partial charge in [-0.15, -0.1) is 0 Å². The van der Waals surface area contributed by atoms with Crippen LogP contribution in [-0.2, 0) is 0 Å². The molecule has 8 heteroatoms. The number of hydrogen-bond donors (Lipinski definition) is 1. The SMILES string of the molecule is O=C(NC1CCN(CCN2CCCCC2)CC1)c1ccc2nc(N3CCCCCC3)ncc2n1. The fourth-order valence-electron chi connectivity index (χ4n) is 5.49. The van der Waals surface area contributed by atoms with Gasteiger partial charge in [0.2, 0.25) is 5.95 Å². The second-order valence-corrected chi connectivity index (χ2v) is 10.2. The molecule has 34 heavy (non-hydrogen) atoms. The third-order valence-electron chi connectivity index (χ3n) is 7.65. The van der Waals surface area contributed by atoms with Crippen LogP contribution in [0.5, 0.6) is 0 Å². The first-order valence-corrected chi connectivity index (χ1v) is 13.4. The zero-order chi connectivity index (χ0) is 23.2. The number of rotatable bonds is 6. The highest BCUT2D eigenvalue weighted by molar-refractivity contribution is 5.94. The van der Waals surface area contributed by atoms with E-state index in [0.717, 1.165) is 57.0 Å². The molecule has 0 spiro atoms. The van der Waals surface area contributed by atoms with Gasteiger partial charge in [-0.3, -0.25) is 4.79 Å². The van der Waals surface area contributed by atoms with E-state index in [1.807, 2.05) is 6.07 Å². The summed E-state index contributed by atoms with van der Waals surface area (Å²) in [4.78, 5) is 34.2. The van der Waals surface area contributed by atoms with Gasteiger partial charge in [-0.25, -0.2) is 15.0 Å². The Balaban J connectivity index is 1.12. The minimum absolute atomic E-state index is 0.0924. The van der Waals surface area contributed by atoms with Crippen molar-refractivity contribution in [3.05, 3.63) is 24.0 Å². The van der Waals surface area contributed by atoms with Gasteiger partial charge in [0, 0.05) is 45.3 Å². The van der Waals surface area contributed by atoms with Gasteiger partial charge in [0.1, 0.15) is 11.2 Å². The third kappa shape index (κ3) is 6.02. The molecule has 1 amide bonds. The van der Waals surface area contributed by atoms with Gasteiger partial charge in [-0.2, -0.15) is 0 Å². The van der Waals surface area contributed by atoms with Crippen LogP contribution in [0.4, 0.5) is 5.95 Å². The molecule has 0 aliphatic carbocycles. The molecule has 5 heterocycles. The normalized spacial score (nSPS) is 21.5. The monoisotopic (exact) mass is 465 g/mol. The summed E-state index contributed by atoms with van der Waals surface area (Å²) in [5.41, 5.74) is 1.93. The van der Waals surface area contributed by atoms with E-state index in [1.165, 1.54) is 64.6 Å². The Labute approximate surface area is 203 Å². The molecule has 0 saturated carbocycles. The number of nitrogens with one attached hydrogen (secondary N) is 1. The van der Waals surface area contributed by atoms with E-state index < -0.39 is 0 Å². The standard InChI is InChI=1S/C26H39N7O/c34-25(28-21-10-16-32(17-11-21)19-18-31-12-4-3-5-13-31)23-9-8-22-24(29-23)20-27-26(30-22)33-14-6-1-2-7-15-33/h8-9,20-21H,1-7,10-19H2,(H,28,34). The van der Waals surface area contributed by atoms with Crippen LogP contribution in [0.15, 0.2) is 18.3 Å². The summed E-state index contributed by atoms with van der Waals surface area (Å²) in [6.07, 6.45) is 12.8. The predicted molar refractivity (Wildman–Crippen MR) is 135 cm³/mol. The number of fused-ring (bicyclic) bond motifs is 1. The molecular formula is C26H39N7O. The summed E-state index contributed by atoms with van der Waals surface area (Å²) < 4.78 is 0. The van der Waals surface area contributed by atoms with Crippen molar-refractivity contribution in [3.8, 4) is 0 Å². The van der Waals surface area contributed by atoms with Gasteiger partial charge in [-0.05, 0) is 63.7 Å². The predicted octanol–water partition coefficient (Wildman–Crippen LogP) is 3.09. The topological polar surface area (TPSA) is 77.5 Å². The molecule has 2 aromatic rings. The van der Waals surface area contributed by atoms with Gasteiger partial charge in [0.05, 0.1) is 11.7 Å². The molecule has 184 valence electrons. The van der Waals surface area contributed by atoms with Crippen molar-refractivity contribution >= 4 is 22.9 Å². The zero-order valence-electron chi connectivity index (χ0n) is 20.4. The molecular weight excluding hydrogens is 426 g/mol. The smallest absolute Gasteiger partial charge is 0.270 e. The fraction of sp³-hybridized carbons (Fsp3) is 0.692. The highest BCUT2D eigenvalue weighted by Crippen LogP contribution is 2.19. The lowest BCUT2D eigenvalue weighted by Crippen LogP contribution is -2.47. The number of aromatic nitrogens is 3. The Morgan fingerprint density at radius 3 is 2.18 bits per heavy atom. The summed E-state index contributed by atoms with van der Waals surface area (Å²) in [6, 6.07) is 3.92. The van der Waals surface area contributed by atoms with Crippen LogP contribution in [0, 0.1) is 0 Å². The minimum Gasteiger partial charge on any atom is -0.348 e. The number of anilines is 1. The van der Waals surface area contributed by atoms with Crippen molar-refractivity contribution < 1.29 is 4.79 Å². The summed E-state index contributed by atoms with van der Waals surface area (Å²) in [5, 5.41) is 3.21. The Morgan fingerprint density at radius 1 is 0.794 bits per heavy atom. The third-order valence-corrected chi connectivity index (χ3v) is 7.65. The summed E-state index contributed by atoms with van der Waals surface area (Å²) in [7, 11) is 0. The van der Waals surface area contributed by atoms with Crippen molar-refractivity contribution in [2.75, 3.05) is 57.3 Å². The average molecular weight is 466 g/mol. The molecule has 0 aromatic carbocycles. The van der Waals surface area contributed by atoms with Crippen LogP contribution in [0.2, 0.25) is 0 Å². The molecule has 0 bridgehead atoms. The Morgan fingerprint density at radius 2 is 1.44 bits per heavy atom. The molecule has 8 nitrogen and oxygen atoms in total. The fourth-order valence-corrected chi connectivity index (χ4v) is 5.49. The number of nitrogens with zero attached hydrogens (tertiary/aromatic N) is 6. The number of likely N-dealkylation sites (tertiary alicyclic amines) is 2. The first-order valence-electron chi connectivity index (χ1n) is 13.4. The molecule has 5 rings (SSSR count). The molecule has 1 N–H and O–H groups in total. The van der Waals surface area contributed by atoms with Crippen molar-refractivity contribution in [2.45, 2.75) is 63.8 Å². The Kier molecular flexibility index (Phi) is 7.86. The van der Waals surface area contributed by atoms with E-state index in [1.54, 1.807) is 12.3 Å². The lowest BCUT2D eigenvalue weighted by Gasteiger charge is -2.34. The van der Waals surface area contributed by atoms with Crippen LogP contribution >= 0.6 is 0 Å². The largest absolute Gasteiger partial charge is 0.348 e. The van der Waals surface area contributed by atoms with Crippen LogP contribution < -0.4 is 10.2 Å². The Bertz CT molecular complexity index is 945. The number of carbonyl (C=O) groups is 1. The number of carbonyl (C=O) groups excluding carboxylic acids is 1. The summed E-state index contributed by atoms with van der Waals surface area (Å²) in [5.74, 6) is 0.686. The summed E-state index contributed by atoms with van der Waals surface area (Å²) >= 11 is 0. The van der Waals surface area contributed by atoms with Crippen molar-refractivity contribution in [3.63, 3.8) is 0 Å². The van der Waals surface area contributed by atoms with Crippen molar-refractivity contribution in [2.24, 2.45) is 0 Å². The number of hydrogen-bond acceptors (Lipinski definition) is 7. The quantitative estimate of drug-likeness (QED) is 0.702. The molecule has 0 unspecified atom stereocenters. The number of amides is 1. The highest BCUT2D eigenvalue weighted by Gasteiger charge is 2.22. The molecule has 3 aliphatic rings. The van der Waals surface area contributed by atoms with E-state index in [9.17, 15) is 4.79 Å². The first-order chi connectivity index (χ1) is 16.7. The van der Waals surface area contributed by atoms with Crippen molar-refractivity contribution in [1.29, 1.82) is 0 Å². The van der Waals surface area contributed by atoms with Gasteiger partial charge < -0.3 is 20.0 Å². The van der Waals surface area contributed by atoms with E-state index in [0.29, 0.717) is 11.2 Å². The van der Waals surface area contributed by atoms with Crippen molar-refractivity contribution in [1.82, 2.24) is 30.1 Å². The summed E-state index contributed by atoms with van der Waals surface area (Å²) in [6.45, 7) is 8.97.